The second-order valence-corrected chi connectivity index (χ2v) is 13.8. The van der Waals surface area contributed by atoms with Crippen LogP contribution in [-0.4, -0.2) is 13.5 Å². The Hall–Kier alpha value is -5.88. The lowest BCUT2D eigenvalue weighted by Crippen LogP contribution is -2.31. The van der Waals surface area contributed by atoms with E-state index in [0.29, 0.717) is 19.4 Å². The number of ether oxygens (including phenoxy) is 4. The van der Waals surface area contributed by atoms with Crippen molar-refractivity contribution < 1.29 is 18.9 Å². The van der Waals surface area contributed by atoms with Gasteiger partial charge in [0.25, 0.3) is 0 Å². The molecule has 6 aromatic carbocycles. The Kier molecular flexibility index (Phi) is 8.74. The zero-order chi connectivity index (χ0) is 34.8. The van der Waals surface area contributed by atoms with E-state index >= 15 is 0 Å². The highest BCUT2D eigenvalue weighted by atomic mass is 16.5. The first-order valence-electron chi connectivity index (χ1n) is 17.6. The van der Waals surface area contributed by atoms with E-state index in [2.05, 4.69) is 128 Å². The van der Waals surface area contributed by atoms with Crippen LogP contribution in [0.25, 0.3) is 0 Å². The molecule has 0 saturated carbocycles. The van der Waals surface area contributed by atoms with Gasteiger partial charge in [-0.1, -0.05) is 81.4 Å². The van der Waals surface area contributed by atoms with Crippen LogP contribution in [0.3, 0.4) is 0 Å². The Morgan fingerprint density at radius 2 is 0.843 bits per heavy atom. The highest BCUT2D eigenvalue weighted by Crippen LogP contribution is 2.41. The molecule has 0 aromatic heterocycles. The lowest BCUT2D eigenvalue weighted by molar-refractivity contribution is 0.289. The zero-order valence-corrected chi connectivity index (χ0v) is 29.3. The van der Waals surface area contributed by atoms with Crippen LogP contribution < -0.4 is 28.7 Å². The van der Waals surface area contributed by atoms with Crippen LogP contribution in [0.1, 0.15) is 43.0 Å². The van der Waals surface area contributed by atoms with Gasteiger partial charge in [-0.2, -0.15) is 0 Å². The van der Waals surface area contributed by atoms with Crippen LogP contribution in [0.5, 0.6) is 34.5 Å². The summed E-state index contributed by atoms with van der Waals surface area (Å²) in [7, 11) is 0. The smallest absolute Gasteiger partial charge is 0.161 e. The average Bonchev–Trinajstić information content (AvgIpc) is 3.18. The molecule has 0 bridgehead atoms. The summed E-state index contributed by atoms with van der Waals surface area (Å²) in [5.41, 5.74) is 6.86. The highest BCUT2D eigenvalue weighted by molar-refractivity contribution is 5.54. The second kappa shape index (κ2) is 13.8. The van der Waals surface area contributed by atoms with Gasteiger partial charge in [-0.05, 0) is 102 Å². The third-order valence-electron chi connectivity index (χ3n) is 10.4. The summed E-state index contributed by atoms with van der Waals surface area (Å²) < 4.78 is 24.4. The van der Waals surface area contributed by atoms with E-state index in [9.17, 15) is 0 Å². The largest absolute Gasteiger partial charge is 0.473 e. The van der Waals surface area contributed by atoms with Crippen LogP contribution in [0.2, 0.25) is 0 Å². The minimum absolute atomic E-state index is 0.204. The fraction of sp³-hybridized carbons (Fsp3) is 0.200. The minimum Gasteiger partial charge on any atom is -0.473 e. The van der Waals surface area contributed by atoms with Crippen molar-refractivity contribution >= 4 is 11.4 Å². The van der Waals surface area contributed by atoms with E-state index in [1.165, 1.54) is 22.3 Å². The molecule has 0 saturated heterocycles. The molecule has 256 valence electrons. The molecule has 0 radical (unpaired) electrons. The SMILES string of the molecule is CC(C)C(C)(c1ccc(Oc2ccc(N3COc4ccccc4C3)cc2)cc1)c1ccc(Oc2ccc(N3COc4ccccc4C3)cc2)cc1. The maximum absolute atomic E-state index is 6.26. The summed E-state index contributed by atoms with van der Waals surface area (Å²) in [6.07, 6.45) is 0. The van der Waals surface area contributed by atoms with Crippen LogP contribution in [0, 0.1) is 5.92 Å². The number of hydrogen-bond donors (Lipinski definition) is 0. The summed E-state index contributed by atoms with van der Waals surface area (Å²) in [6.45, 7) is 9.56. The lowest BCUT2D eigenvalue weighted by Gasteiger charge is -2.35. The van der Waals surface area contributed by atoms with Gasteiger partial charge in [0.2, 0.25) is 0 Å². The first-order valence-corrected chi connectivity index (χ1v) is 17.6. The third kappa shape index (κ3) is 6.70. The Balaban J connectivity index is 0.903. The molecular weight excluding hydrogens is 633 g/mol. The Morgan fingerprint density at radius 3 is 1.22 bits per heavy atom. The van der Waals surface area contributed by atoms with Gasteiger partial charge in [0, 0.05) is 41.0 Å². The number of para-hydroxylation sites is 2. The van der Waals surface area contributed by atoms with E-state index in [1.54, 1.807) is 0 Å². The van der Waals surface area contributed by atoms with Crippen LogP contribution >= 0.6 is 0 Å². The molecule has 6 heteroatoms. The first kappa shape index (κ1) is 32.3. The number of nitrogens with zero attached hydrogens (tertiary/aromatic N) is 2. The summed E-state index contributed by atoms with van der Waals surface area (Å²) in [5, 5.41) is 0. The van der Waals surface area contributed by atoms with Crippen molar-refractivity contribution in [2.24, 2.45) is 5.92 Å². The van der Waals surface area contributed by atoms with E-state index in [1.807, 2.05) is 48.5 Å². The van der Waals surface area contributed by atoms with Gasteiger partial charge in [-0.15, -0.1) is 0 Å². The van der Waals surface area contributed by atoms with E-state index in [4.69, 9.17) is 18.9 Å². The molecule has 0 atom stereocenters. The highest BCUT2D eigenvalue weighted by Gasteiger charge is 2.32. The zero-order valence-electron chi connectivity index (χ0n) is 29.3. The molecule has 0 spiro atoms. The molecule has 0 unspecified atom stereocenters. The molecule has 0 amide bonds. The lowest BCUT2D eigenvalue weighted by atomic mass is 9.68. The fourth-order valence-corrected chi connectivity index (χ4v) is 6.97. The standard InChI is InChI=1S/C45H42N2O4/c1-32(2)45(3,35-12-20-39(21-13-35)50-41-24-16-37(17-25-41)46-28-33-8-4-6-10-43(33)48-30-46)36-14-22-40(23-15-36)51-42-26-18-38(19-27-42)47-29-34-9-5-7-11-44(34)49-31-47/h4-27,32H,28-31H2,1-3H3. The van der Waals surface area contributed by atoms with Gasteiger partial charge in [0.05, 0.1) is 0 Å². The molecule has 6 nitrogen and oxygen atoms in total. The molecule has 0 N–H and O–H groups in total. The number of anilines is 2. The van der Waals surface area contributed by atoms with Gasteiger partial charge in [-0.25, -0.2) is 0 Å². The molecule has 2 aliphatic heterocycles. The fourth-order valence-electron chi connectivity index (χ4n) is 6.97. The quantitative estimate of drug-likeness (QED) is 0.152. The summed E-state index contributed by atoms with van der Waals surface area (Å²) in [4.78, 5) is 4.44. The molecular formula is C45H42N2O4. The van der Waals surface area contributed by atoms with Gasteiger partial charge < -0.3 is 28.7 Å². The number of fused-ring (bicyclic) bond motifs is 2. The van der Waals surface area contributed by atoms with Crippen molar-refractivity contribution in [3.05, 3.63) is 168 Å². The number of rotatable bonds is 9. The topological polar surface area (TPSA) is 43.4 Å². The predicted octanol–water partition coefficient (Wildman–Crippen LogP) is 10.9. The normalized spacial score (nSPS) is 13.9. The molecule has 0 fully saturated rings. The Morgan fingerprint density at radius 1 is 0.490 bits per heavy atom. The summed E-state index contributed by atoms with van der Waals surface area (Å²) in [6, 6.07) is 49.8. The first-order chi connectivity index (χ1) is 24.9. The van der Waals surface area contributed by atoms with Crippen molar-refractivity contribution in [1.29, 1.82) is 0 Å². The van der Waals surface area contributed by atoms with Crippen molar-refractivity contribution in [1.82, 2.24) is 0 Å². The van der Waals surface area contributed by atoms with Gasteiger partial charge in [-0.3, -0.25) is 0 Å². The number of hydrogen-bond acceptors (Lipinski definition) is 6. The van der Waals surface area contributed by atoms with Gasteiger partial charge in [0.15, 0.2) is 13.5 Å². The van der Waals surface area contributed by atoms with Crippen molar-refractivity contribution in [2.75, 3.05) is 23.3 Å². The number of benzene rings is 6. The monoisotopic (exact) mass is 674 g/mol. The molecule has 0 aliphatic carbocycles. The maximum atomic E-state index is 6.26. The van der Waals surface area contributed by atoms with Gasteiger partial charge >= 0.3 is 0 Å². The van der Waals surface area contributed by atoms with Crippen molar-refractivity contribution in [3.63, 3.8) is 0 Å². The van der Waals surface area contributed by atoms with Crippen molar-refractivity contribution in [2.45, 2.75) is 39.3 Å². The second-order valence-electron chi connectivity index (χ2n) is 13.8. The molecule has 8 rings (SSSR count). The third-order valence-corrected chi connectivity index (χ3v) is 10.4. The average molecular weight is 675 g/mol. The van der Waals surface area contributed by atoms with E-state index in [0.717, 1.165) is 59.0 Å². The summed E-state index contributed by atoms with van der Waals surface area (Å²) >= 11 is 0. The van der Waals surface area contributed by atoms with E-state index < -0.39 is 0 Å². The van der Waals surface area contributed by atoms with Crippen LogP contribution in [0.4, 0.5) is 11.4 Å². The predicted molar refractivity (Wildman–Crippen MR) is 203 cm³/mol. The Bertz CT molecular complexity index is 1950. The maximum Gasteiger partial charge on any atom is 0.161 e. The van der Waals surface area contributed by atoms with Crippen LogP contribution in [-0.2, 0) is 18.5 Å². The van der Waals surface area contributed by atoms with Gasteiger partial charge in [0.1, 0.15) is 34.5 Å². The van der Waals surface area contributed by atoms with E-state index in [-0.39, 0.29) is 5.41 Å². The molecule has 51 heavy (non-hydrogen) atoms. The van der Waals surface area contributed by atoms with Crippen molar-refractivity contribution in [3.8, 4) is 34.5 Å². The minimum atomic E-state index is -0.204. The molecule has 2 aliphatic rings. The molecule has 2 heterocycles. The Labute approximate surface area is 300 Å². The summed E-state index contributed by atoms with van der Waals surface area (Å²) in [5.74, 6) is 5.49. The molecule has 6 aromatic rings. The van der Waals surface area contributed by atoms with Crippen LogP contribution in [0.15, 0.2) is 146 Å².